The molecule has 0 radical (unpaired) electrons. The number of amides is 2. The number of piperidine rings is 1. The molecule has 7 heteroatoms. The van der Waals surface area contributed by atoms with Crippen LogP contribution in [0.15, 0.2) is 23.0 Å². The maximum absolute atomic E-state index is 12.5. The topological polar surface area (TPSA) is 93.3 Å². The Balaban J connectivity index is 2.14. The first-order valence-electron chi connectivity index (χ1n) is 7.17. The minimum absolute atomic E-state index is 0.0350. The Morgan fingerprint density at radius 1 is 1.27 bits per heavy atom. The van der Waals surface area contributed by atoms with Crippen molar-refractivity contribution in [2.24, 2.45) is 7.05 Å². The molecule has 0 bridgehead atoms. The second-order valence-electron chi connectivity index (χ2n) is 5.48. The summed E-state index contributed by atoms with van der Waals surface area (Å²) in [4.78, 5) is 35.8. The van der Waals surface area contributed by atoms with Gasteiger partial charge in [0.25, 0.3) is 0 Å². The summed E-state index contributed by atoms with van der Waals surface area (Å²) in [6, 6.07) is 4.79. The van der Waals surface area contributed by atoms with Crippen molar-refractivity contribution >= 4 is 22.8 Å². The van der Waals surface area contributed by atoms with Crippen LogP contribution in [0.4, 0.5) is 0 Å². The van der Waals surface area contributed by atoms with Gasteiger partial charge in [0.2, 0.25) is 11.8 Å². The van der Waals surface area contributed by atoms with Gasteiger partial charge >= 0.3 is 5.69 Å². The number of hydrogen-bond donors (Lipinski definition) is 2. The smallest absolute Gasteiger partial charge is 0.329 e. The van der Waals surface area contributed by atoms with Crippen LogP contribution in [0.1, 0.15) is 24.4 Å². The Kier molecular flexibility index (Phi) is 3.58. The summed E-state index contributed by atoms with van der Waals surface area (Å²) in [6.45, 7) is 0.0350. The molecule has 1 aromatic heterocycles. The first kappa shape index (κ1) is 14.5. The molecule has 1 atom stereocenters. The molecule has 1 aliphatic rings. The molecule has 2 heterocycles. The highest BCUT2D eigenvalue weighted by molar-refractivity contribution is 6.00. The number of aliphatic hydroxyl groups excluding tert-OH is 1. The Bertz CT molecular complexity index is 818. The highest BCUT2D eigenvalue weighted by Gasteiger charge is 2.31. The van der Waals surface area contributed by atoms with Crippen molar-refractivity contribution in [3.8, 4) is 0 Å². The fourth-order valence-corrected chi connectivity index (χ4v) is 2.92. The van der Waals surface area contributed by atoms with E-state index in [-0.39, 0.29) is 24.6 Å². The fraction of sp³-hybridized carbons (Fsp3) is 0.400. The fourth-order valence-electron chi connectivity index (χ4n) is 2.92. The minimum atomic E-state index is -0.669. The normalized spacial score (nSPS) is 18.7. The molecule has 7 nitrogen and oxygen atoms in total. The van der Waals surface area contributed by atoms with Gasteiger partial charge < -0.3 is 5.11 Å². The molecule has 2 amide bonds. The number of carbonyl (C=O) groups is 2. The maximum atomic E-state index is 12.5. The molecule has 1 aliphatic heterocycles. The number of aliphatic hydroxyl groups is 1. The molecule has 1 aromatic carbocycles. The van der Waals surface area contributed by atoms with E-state index >= 15 is 0 Å². The van der Waals surface area contributed by atoms with Crippen LogP contribution in [0.5, 0.6) is 0 Å². The predicted octanol–water partition coefficient (Wildman–Crippen LogP) is -0.147. The number of imidazole rings is 1. The second-order valence-corrected chi connectivity index (χ2v) is 5.48. The Labute approximate surface area is 126 Å². The number of fused-ring (bicyclic) bond motifs is 1. The van der Waals surface area contributed by atoms with Gasteiger partial charge in [-0.3, -0.25) is 24.0 Å². The largest absolute Gasteiger partial charge is 0.396 e. The van der Waals surface area contributed by atoms with Gasteiger partial charge in [-0.25, -0.2) is 4.79 Å². The zero-order valence-corrected chi connectivity index (χ0v) is 12.2. The molecule has 2 aromatic rings. The molecule has 22 heavy (non-hydrogen) atoms. The van der Waals surface area contributed by atoms with Crippen molar-refractivity contribution in [1.29, 1.82) is 0 Å². The summed E-state index contributed by atoms with van der Waals surface area (Å²) < 4.78 is 2.93. The third-order valence-electron chi connectivity index (χ3n) is 4.08. The van der Waals surface area contributed by atoms with Crippen LogP contribution in [0.3, 0.4) is 0 Å². The van der Waals surface area contributed by atoms with Crippen LogP contribution >= 0.6 is 0 Å². The Morgan fingerprint density at radius 2 is 2.05 bits per heavy atom. The third kappa shape index (κ3) is 2.23. The standard InChI is InChI=1S/C15H17N3O4/c1-17-12-8-9(6-7-19)2-3-10(12)18(15(17)22)11-4-5-13(20)16-14(11)21/h2-3,8,11,19H,4-7H2,1H3,(H,16,20,21). The number of hydrogen-bond acceptors (Lipinski definition) is 4. The van der Waals surface area contributed by atoms with Crippen molar-refractivity contribution in [1.82, 2.24) is 14.5 Å². The number of rotatable bonds is 3. The first-order chi connectivity index (χ1) is 10.5. The van der Waals surface area contributed by atoms with E-state index in [2.05, 4.69) is 5.32 Å². The summed E-state index contributed by atoms with van der Waals surface area (Å²) in [6.07, 6.45) is 1.05. The molecule has 3 rings (SSSR count). The van der Waals surface area contributed by atoms with Crippen LogP contribution in [0, 0.1) is 0 Å². The zero-order valence-electron chi connectivity index (χ0n) is 12.2. The van der Waals surface area contributed by atoms with Crippen molar-refractivity contribution in [2.45, 2.75) is 25.3 Å². The van der Waals surface area contributed by atoms with Gasteiger partial charge in [-0.05, 0) is 30.5 Å². The van der Waals surface area contributed by atoms with Crippen LogP contribution in [-0.4, -0.2) is 32.7 Å². The lowest BCUT2D eigenvalue weighted by atomic mass is 10.1. The van der Waals surface area contributed by atoms with Crippen LogP contribution in [0.25, 0.3) is 11.0 Å². The third-order valence-corrected chi connectivity index (χ3v) is 4.08. The van der Waals surface area contributed by atoms with E-state index in [1.807, 2.05) is 12.1 Å². The van der Waals surface area contributed by atoms with Crippen molar-refractivity contribution in [3.63, 3.8) is 0 Å². The summed E-state index contributed by atoms with van der Waals surface area (Å²) in [5, 5.41) is 11.3. The number of aromatic nitrogens is 2. The van der Waals surface area contributed by atoms with Crippen molar-refractivity contribution < 1.29 is 14.7 Å². The Hall–Kier alpha value is -2.41. The summed E-state index contributed by atoms with van der Waals surface area (Å²) in [5.74, 6) is -0.745. The second kappa shape index (κ2) is 5.42. The van der Waals surface area contributed by atoms with Crippen LogP contribution in [0.2, 0.25) is 0 Å². The highest BCUT2D eigenvalue weighted by atomic mass is 16.3. The SMILES string of the molecule is Cn1c(=O)n(C2CCC(=O)NC2=O)c2ccc(CCO)cc21. The number of nitrogens with zero attached hydrogens (tertiary/aromatic N) is 2. The summed E-state index contributed by atoms with van der Waals surface area (Å²) >= 11 is 0. The van der Waals surface area contributed by atoms with Crippen molar-refractivity contribution in [2.75, 3.05) is 6.61 Å². The van der Waals surface area contributed by atoms with Crippen molar-refractivity contribution in [3.05, 3.63) is 34.2 Å². The van der Waals surface area contributed by atoms with E-state index in [0.717, 1.165) is 5.56 Å². The van der Waals surface area contributed by atoms with Gasteiger partial charge in [0.1, 0.15) is 6.04 Å². The summed E-state index contributed by atoms with van der Waals surface area (Å²) in [7, 11) is 1.65. The van der Waals surface area contributed by atoms with Gasteiger partial charge in [0.05, 0.1) is 11.0 Å². The minimum Gasteiger partial charge on any atom is -0.396 e. The lowest BCUT2D eigenvalue weighted by Crippen LogP contribution is -2.44. The quantitative estimate of drug-likeness (QED) is 0.771. The number of carbonyl (C=O) groups excluding carboxylic acids is 2. The Morgan fingerprint density at radius 3 is 2.73 bits per heavy atom. The van der Waals surface area contributed by atoms with Gasteiger partial charge in [0, 0.05) is 20.1 Å². The first-order valence-corrected chi connectivity index (χ1v) is 7.17. The molecule has 116 valence electrons. The molecular weight excluding hydrogens is 286 g/mol. The molecule has 0 aliphatic carbocycles. The maximum Gasteiger partial charge on any atom is 0.329 e. The number of aryl methyl sites for hydroxylation is 1. The molecule has 2 N–H and O–H groups in total. The average Bonchev–Trinajstić information content (AvgIpc) is 2.72. The van der Waals surface area contributed by atoms with Gasteiger partial charge in [0.15, 0.2) is 0 Å². The molecule has 0 spiro atoms. The van der Waals surface area contributed by atoms with E-state index in [4.69, 9.17) is 5.11 Å². The lowest BCUT2D eigenvalue weighted by Gasteiger charge is -2.21. The van der Waals surface area contributed by atoms with E-state index in [9.17, 15) is 14.4 Å². The van der Waals surface area contributed by atoms with Gasteiger partial charge in [-0.2, -0.15) is 0 Å². The predicted molar refractivity (Wildman–Crippen MR) is 79.4 cm³/mol. The summed E-state index contributed by atoms with van der Waals surface area (Å²) in [5.41, 5.74) is 2.00. The molecule has 0 saturated carbocycles. The molecular formula is C15H17N3O4. The number of imide groups is 1. The molecule has 1 fully saturated rings. The van der Waals surface area contributed by atoms with E-state index in [1.165, 1.54) is 9.13 Å². The number of nitrogens with one attached hydrogen (secondary N) is 1. The van der Waals surface area contributed by atoms with Crippen LogP contribution < -0.4 is 11.0 Å². The monoisotopic (exact) mass is 303 g/mol. The van der Waals surface area contributed by atoms with Gasteiger partial charge in [-0.1, -0.05) is 6.07 Å². The average molecular weight is 303 g/mol. The van der Waals surface area contributed by atoms with Crippen LogP contribution in [-0.2, 0) is 23.1 Å². The number of benzene rings is 1. The highest BCUT2D eigenvalue weighted by Crippen LogP contribution is 2.23. The van der Waals surface area contributed by atoms with E-state index < -0.39 is 11.9 Å². The van der Waals surface area contributed by atoms with E-state index in [0.29, 0.717) is 23.9 Å². The zero-order chi connectivity index (χ0) is 15.9. The van der Waals surface area contributed by atoms with Gasteiger partial charge in [-0.15, -0.1) is 0 Å². The van der Waals surface area contributed by atoms with E-state index in [1.54, 1.807) is 13.1 Å². The molecule has 1 unspecified atom stereocenters. The lowest BCUT2D eigenvalue weighted by molar-refractivity contribution is -0.135. The molecule has 1 saturated heterocycles.